The van der Waals surface area contributed by atoms with Crippen LogP contribution in [-0.2, 0) is 0 Å². The van der Waals surface area contributed by atoms with Crippen LogP contribution in [0.1, 0.15) is 19.8 Å². The Balaban J connectivity index is 2.06. The summed E-state index contributed by atoms with van der Waals surface area (Å²) in [4.78, 5) is 2.33. The molecule has 0 bridgehead atoms. The van der Waals surface area contributed by atoms with E-state index in [0.717, 1.165) is 18.8 Å². The van der Waals surface area contributed by atoms with Crippen LogP contribution in [0.3, 0.4) is 0 Å². The molecule has 1 aliphatic rings. The van der Waals surface area contributed by atoms with Gasteiger partial charge in [0.1, 0.15) is 6.23 Å². The van der Waals surface area contributed by atoms with Crippen molar-refractivity contribution in [3.63, 3.8) is 0 Å². The summed E-state index contributed by atoms with van der Waals surface area (Å²) in [6, 6.07) is 5.47. The zero-order valence-electron chi connectivity index (χ0n) is 10.5. The summed E-state index contributed by atoms with van der Waals surface area (Å²) in [5.41, 5.74) is 6.39. The van der Waals surface area contributed by atoms with E-state index in [1.165, 1.54) is 12.8 Å². The lowest BCUT2D eigenvalue weighted by molar-refractivity contribution is 0.0567. The maximum absolute atomic E-state index is 5.92. The minimum Gasteiger partial charge on any atom is -0.493 e. The molecule has 4 heteroatoms. The van der Waals surface area contributed by atoms with Gasteiger partial charge in [-0.1, -0.05) is 0 Å². The largest absolute Gasteiger partial charge is 0.493 e. The van der Waals surface area contributed by atoms with Gasteiger partial charge in [-0.15, -0.1) is 0 Å². The van der Waals surface area contributed by atoms with Crippen LogP contribution >= 0.6 is 0 Å². The van der Waals surface area contributed by atoms with E-state index in [1.54, 1.807) is 13.2 Å². The van der Waals surface area contributed by atoms with Crippen molar-refractivity contribution in [2.24, 2.45) is 0 Å². The molecule has 1 aliphatic heterocycles. The van der Waals surface area contributed by atoms with Gasteiger partial charge in [-0.25, -0.2) is 0 Å². The molecular weight excluding hydrogens is 216 g/mol. The molecule has 4 nitrogen and oxygen atoms in total. The number of nitrogens with zero attached hydrogens (tertiary/aromatic N) is 1. The number of benzene rings is 1. The van der Waals surface area contributed by atoms with Gasteiger partial charge in [-0.3, -0.25) is 4.90 Å². The highest BCUT2D eigenvalue weighted by atomic mass is 16.5. The Bertz CT molecular complexity index is 376. The summed E-state index contributed by atoms with van der Waals surface area (Å²) < 4.78 is 11.2. The van der Waals surface area contributed by atoms with Gasteiger partial charge >= 0.3 is 0 Å². The van der Waals surface area contributed by atoms with Crippen LogP contribution in [0.5, 0.6) is 11.5 Å². The molecule has 17 heavy (non-hydrogen) atoms. The summed E-state index contributed by atoms with van der Waals surface area (Å²) in [7, 11) is 1.63. The van der Waals surface area contributed by atoms with Crippen molar-refractivity contribution < 1.29 is 9.47 Å². The molecule has 1 aromatic rings. The second-order valence-corrected chi connectivity index (χ2v) is 4.37. The van der Waals surface area contributed by atoms with Crippen molar-refractivity contribution in [2.75, 3.05) is 25.9 Å². The van der Waals surface area contributed by atoms with E-state index in [4.69, 9.17) is 15.2 Å². The van der Waals surface area contributed by atoms with Crippen molar-refractivity contribution in [3.05, 3.63) is 18.2 Å². The summed E-state index contributed by atoms with van der Waals surface area (Å²) >= 11 is 0. The third-order valence-electron chi connectivity index (χ3n) is 3.14. The van der Waals surface area contributed by atoms with Crippen LogP contribution in [-0.4, -0.2) is 31.3 Å². The molecule has 0 aromatic heterocycles. The summed E-state index contributed by atoms with van der Waals surface area (Å²) in [5.74, 6) is 1.44. The fourth-order valence-electron chi connectivity index (χ4n) is 2.15. The fraction of sp³-hybridized carbons (Fsp3) is 0.538. The molecule has 1 saturated heterocycles. The molecule has 0 aliphatic carbocycles. The zero-order chi connectivity index (χ0) is 12.3. The third kappa shape index (κ3) is 2.82. The van der Waals surface area contributed by atoms with Crippen LogP contribution in [0.15, 0.2) is 18.2 Å². The quantitative estimate of drug-likeness (QED) is 0.813. The Morgan fingerprint density at radius 2 is 1.94 bits per heavy atom. The number of hydrogen-bond donors (Lipinski definition) is 1. The molecule has 0 saturated carbocycles. The van der Waals surface area contributed by atoms with E-state index in [2.05, 4.69) is 11.8 Å². The third-order valence-corrected chi connectivity index (χ3v) is 3.14. The lowest BCUT2D eigenvalue weighted by Crippen LogP contribution is -2.34. The number of nitrogen functional groups attached to an aromatic ring is 1. The Morgan fingerprint density at radius 1 is 1.24 bits per heavy atom. The minimum atomic E-state index is 0.0787. The summed E-state index contributed by atoms with van der Waals surface area (Å²) in [5, 5.41) is 0. The van der Waals surface area contributed by atoms with Gasteiger partial charge in [0.15, 0.2) is 11.5 Å². The minimum absolute atomic E-state index is 0.0787. The van der Waals surface area contributed by atoms with Crippen LogP contribution in [0.2, 0.25) is 0 Å². The smallest absolute Gasteiger partial charge is 0.163 e. The van der Waals surface area contributed by atoms with Crippen molar-refractivity contribution in [1.82, 2.24) is 4.90 Å². The van der Waals surface area contributed by atoms with Gasteiger partial charge < -0.3 is 15.2 Å². The van der Waals surface area contributed by atoms with E-state index >= 15 is 0 Å². The maximum atomic E-state index is 5.92. The number of methoxy groups -OCH3 is 1. The molecule has 2 rings (SSSR count). The summed E-state index contributed by atoms with van der Waals surface area (Å²) in [6.07, 6.45) is 2.59. The second-order valence-electron chi connectivity index (χ2n) is 4.37. The number of ether oxygens (including phenoxy) is 2. The van der Waals surface area contributed by atoms with E-state index in [0.29, 0.717) is 11.4 Å². The van der Waals surface area contributed by atoms with E-state index in [1.807, 2.05) is 12.1 Å². The monoisotopic (exact) mass is 236 g/mol. The van der Waals surface area contributed by atoms with E-state index in [9.17, 15) is 0 Å². The normalized spacial score (nSPS) is 18.0. The van der Waals surface area contributed by atoms with Crippen LogP contribution in [0.4, 0.5) is 5.69 Å². The molecule has 0 spiro atoms. The van der Waals surface area contributed by atoms with Crippen molar-refractivity contribution in [2.45, 2.75) is 26.0 Å². The second kappa shape index (κ2) is 5.27. The first-order valence-electron chi connectivity index (χ1n) is 6.05. The first kappa shape index (κ1) is 12.0. The molecule has 1 fully saturated rings. The van der Waals surface area contributed by atoms with E-state index in [-0.39, 0.29) is 6.23 Å². The zero-order valence-corrected chi connectivity index (χ0v) is 10.5. The van der Waals surface area contributed by atoms with Crippen molar-refractivity contribution >= 4 is 5.69 Å². The number of hydrogen-bond acceptors (Lipinski definition) is 4. The van der Waals surface area contributed by atoms with Gasteiger partial charge in [0.2, 0.25) is 0 Å². The van der Waals surface area contributed by atoms with Gasteiger partial charge in [-0.05, 0) is 31.9 Å². The molecular formula is C13H20N2O2. The standard InChI is InChI=1S/C13H20N2O2/c1-10(15-7-3-4-8-15)17-12-6-5-11(14)9-13(12)16-2/h5-6,9-10H,3-4,7-8,14H2,1-2H3. The topological polar surface area (TPSA) is 47.7 Å². The number of nitrogens with two attached hydrogens (primary N) is 1. The Labute approximate surface area is 102 Å². The Hall–Kier alpha value is -1.42. The van der Waals surface area contributed by atoms with Crippen LogP contribution in [0.25, 0.3) is 0 Å². The molecule has 94 valence electrons. The highest BCUT2D eigenvalue weighted by Crippen LogP contribution is 2.30. The summed E-state index contributed by atoms with van der Waals surface area (Å²) in [6.45, 7) is 4.29. The molecule has 1 heterocycles. The molecule has 1 unspecified atom stereocenters. The van der Waals surface area contributed by atoms with Crippen molar-refractivity contribution in [3.8, 4) is 11.5 Å². The fourth-order valence-corrected chi connectivity index (χ4v) is 2.15. The van der Waals surface area contributed by atoms with Gasteiger partial charge in [0.25, 0.3) is 0 Å². The van der Waals surface area contributed by atoms with Crippen molar-refractivity contribution in [1.29, 1.82) is 0 Å². The molecule has 2 N–H and O–H groups in total. The number of rotatable bonds is 4. The van der Waals surface area contributed by atoms with E-state index < -0.39 is 0 Å². The maximum Gasteiger partial charge on any atom is 0.163 e. The highest BCUT2D eigenvalue weighted by Gasteiger charge is 2.20. The first-order chi connectivity index (χ1) is 8.20. The molecule has 1 aromatic carbocycles. The SMILES string of the molecule is COc1cc(N)ccc1OC(C)N1CCCC1. The Kier molecular flexibility index (Phi) is 3.74. The average molecular weight is 236 g/mol. The lowest BCUT2D eigenvalue weighted by atomic mass is 10.3. The predicted molar refractivity (Wildman–Crippen MR) is 68.3 cm³/mol. The molecule has 1 atom stereocenters. The van der Waals surface area contributed by atoms with Crippen LogP contribution < -0.4 is 15.2 Å². The molecule has 0 radical (unpaired) electrons. The first-order valence-corrected chi connectivity index (χ1v) is 6.05. The number of anilines is 1. The highest BCUT2D eigenvalue weighted by molar-refractivity contribution is 5.51. The number of likely N-dealkylation sites (tertiary alicyclic amines) is 1. The molecule has 0 amide bonds. The predicted octanol–water partition coefficient (Wildman–Crippen LogP) is 2.10. The van der Waals surface area contributed by atoms with Gasteiger partial charge in [0.05, 0.1) is 7.11 Å². The Morgan fingerprint density at radius 3 is 2.59 bits per heavy atom. The van der Waals surface area contributed by atoms with Gasteiger partial charge in [0, 0.05) is 24.8 Å². The lowest BCUT2D eigenvalue weighted by Gasteiger charge is -2.25. The average Bonchev–Trinajstić information content (AvgIpc) is 2.85. The van der Waals surface area contributed by atoms with Gasteiger partial charge in [-0.2, -0.15) is 0 Å². The van der Waals surface area contributed by atoms with Crippen LogP contribution in [0, 0.1) is 0 Å².